The highest BCUT2D eigenvalue weighted by atomic mass is 32.2. The Balaban J connectivity index is 1.07. The standard InChI is InChI=1S/C33H41N5O4S/c39-30(37-18-16-36(17-19-37)26-7-2-1-3-8-26)23-43-33-35-29-11-5-4-10-28(29)32(41)38(33)22-24-12-14-25(15-13-24)31(40)34-21-27-9-6-20-42-27/h1-5,7-8,10-11,24-25,27H,6,9,12-23H2,(H,34,40)/t24?,25?,27-/m1/s1. The first-order valence-electron chi connectivity index (χ1n) is 15.6. The van der Waals surface area contributed by atoms with Crippen LogP contribution < -0.4 is 15.8 Å². The van der Waals surface area contributed by atoms with Crippen LogP contribution in [0.5, 0.6) is 0 Å². The summed E-state index contributed by atoms with van der Waals surface area (Å²) in [7, 11) is 0. The highest BCUT2D eigenvalue weighted by molar-refractivity contribution is 7.99. The molecule has 2 aromatic carbocycles. The van der Waals surface area contributed by atoms with E-state index in [1.807, 2.05) is 47.4 Å². The van der Waals surface area contributed by atoms with Gasteiger partial charge in [0.1, 0.15) is 0 Å². The average Bonchev–Trinajstić information content (AvgIpc) is 3.59. The number of hydrogen-bond donors (Lipinski definition) is 1. The van der Waals surface area contributed by atoms with E-state index in [1.54, 1.807) is 4.57 Å². The number of benzene rings is 2. The molecule has 10 heteroatoms. The molecule has 1 aromatic heterocycles. The molecule has 9 nitrogen and oxygen atoms in total. The molecular formula is C33H41N5O4S. The van der Waals surface area contributed by atoms with Crippen molar-refractivity contribution in [2.75, 3.05) is 50.0 Å². The lowest BCUT2D eigenvalue weighted by Gasteiger charge is -2.36. The largest absolute Gasteiger partial charge is 0.376 e. The third-order valence-electron chi connectivity index (χ3n) is 9.09. The first kappa shape index (κ1) is 29.7. The first-order valence-corrected chi connectivity index (χ1v) is 16.6. The minimum Gasteiger partial charge on any atom is -0.376 e. The van der Waals surface area contributed by atoms with Crippen LogP contribution in [0.2, 0.25) is 0 Å². The lowest BCUT2D eigenvalue weighted by Crippen LogP contribution is -2.49. The highest BCUT2D eigenvalue weighted by Crippen LogP contribution is 2.31. The Morgan fingerprint density at radius 1 is 0.930 bits per heavy atom. The van der Waals surface area contributed by atoms with Crippen molar-refractivity contribution in [1.29, 1.82) is 0 Å². The van der Waals surface area contributed by atoms with E-state index in [2.05, 4.69) is 22.3 Å². The van der Waals surface area contributed by atoms with Crippen LogP contribution in [0, 0.1) is 11.8 Å². The first-order chi connectivity index (χ1) is 21.0. The summed E-state index contributed by atoms with van der Waals surface area (Å²) in [6, 6.07) is 17.7. The number of ether oxygens (including phenoxy) is 1. The number of anilines is 1. The summed E-state index contributed by atoms with van der Waals surface area (Å²) >= 11 is 1.36. The Kier molecular flexibility index (Phi) is 9.63. The molecule has 0 bridgehead atoms. The van der Waals surface area contributed by atoms with Gasteiger partial charge in [-0.3, -0.25) is 19.0 Å². The Morgan fingerprint density at radius 2 is 1.67 bits per heavy atom. The van der Waals surface area contributed by atoms with Gasteiger partial charge in [-0.05, 0) is 68.7 Å². The van der Waals surface area contributed by atoms with Crippen molar-refractivity contribution in [3.05, 3.63) is 65.0 Å². The van der Waals surface area contributed by atoms with Crippen molar-refractivity contribution >= 4 is 40.2 Å². The van der Waals surface area contributed by atoms with Crippen LogP contribution in [0.3, 0.4) is 0 Å². The van der Waals surface area contributed by atoms with Crippen LogP contribution in [0.1, 0.15) is 38.5 Å². The summed E-state index contributed by atoms with van der Waals surface area (Å²) in [5.41, 5.74) is 1.77. The minimum atomic E-state index is -0.0616. The quantitative estimate of drug-likeness (QED) is 0.292. The number of carbonyl (C=O) groups excluding carboxylic acids is 2. The van der Waals surface area contributed by atoms with Gasteiger partial charge in [0.15, 0.2) is 5.16 Å². The number of carbonyl (C=O) groups is 2. The van der Waals surface area contributed by atoms with E-state index in [1.165, 1.54) is 17.4 Å². The van der Waals surface area contributed by atoms with Crippen LogP contribution in [0.15, 0.2) is 64.5 Å². The Morgan fingerprint density at radius 3 is 2.42 bits per heavy atom. The molecule has 3 aromatic rings. The topological polar surface area (TPSA) is 96.8 Å². The van der Waals surface area contributed by atoms with Crippen LogP contribution >= 0.6 is 11.8 Å². The predicted octanol–water partition coefficient (Wildman–Crippen LogP) is 3.94. The van der Waals surface area contributed by atoms with Crippen LogP contribution in [-0.4, -0.2) is 77.5 Å². The van der Waals surface area contributed by atoms with E-state index >= 15 is 0 Å². The zero-order chi connectivity index (χ0) is 29.6. The Hall–Kier alpha value is -3.37. The molecule has 3 aliphatic rings. The number of hydrogen-bond acceptors (Lipinski definition) is 7. The third kappa shape index (κ3) is 7.24. The van der Waals surface area contributed by atoms with Crippen LogP contribution in [0.25, 0.3) is 10.9 Å². The smallest absolute Gasteiger partial charge is 0.262 e. The van der Waals surface area contributed by atoms with E-state index < -0.39 is 0 Å². The maximum absolute atomic E-state index is 13.7. The Bertz CT molecular complexity index is 1460. The van der Waals surface area contributed by atoms with E-state index in [0.29, 0.717) is 42.2 Å². The van der Waals surface area contributed by atoms with Gasteiger partial charge in [-0.2, -0.15) is 0 Å². The second-order valence-electron chi connectivity index (χ2n) is 11.9. The van der Waals surface area contributed by atoms with Gasteiger partial charge >= 0.3 is 0 Å². The fourth-order valence-corrected chi connectivity index (χ4v) is 7.43. The summed E-state index contributed by atoms with van der Waals surface area (Å²) in [4.78, 5) is 48.7. The highest BCUT2D eigenvalue weighted by Gasteiger charge is 2.29. The summed E-state index contributed by atoms with van der Waals surface area (Å²) in [6.07, 6.45) is 5.61. The molecule has 0 radical (unpaired) electrons. The molecule has 1 N–H and O–H groups in total. The van der Waals surface area contributed by atoms with Crippen LogP contribution in [-0.2, 0) is 20.9 Å². The van der Waals surface area contributed by atoms with Gasteiger partial charge in [-0.15, -0.1) is 0 Å². The fraction of sp³-hybridized carbons (Fsp3) is 0.515. The molecule has 1 atom stereocenters. The molecule has 2 aliphatic heterocycles. The van der Waals surface area contributed by atoms with E-state index in [0.717, 1.165) is 58.2 Å². The number of nitrogens with one attached hydrogen (secondary N) is 1. The number of nitrogens with zero attached hydrogens (tertiary/aromatic N) is 4. The van der Waals surface area contributed by atoms with Crippen molar-refractivity contribution < 1.29 is 14.3 Å². The molecular weight excluding hydrogens is 562 g/mol. The lowest BCUT2D eigenvalue weighted by molar-refractivity contribution is -0.128. The zero-order valence-electron chi connectivity index (χ0n) is 24.7. The van der Waals surface area contributed by atoms with Gasteiger partial charge in [0, 0.05) is 57.5 Å². The molecule has 2 amide bonds. The third-order valence-corrected chi connectivity index (χ3v) is 10.1. The molecule has 6 rings (SSSR count). The van der Waals surface area contributed by atoms with Crippen LogP contribution in [0.4, 0.5) is 5.69 Å². The van der Waals surface area contributed by atoms with E-state index in [9.17, 15) is 14.4 Å². The molecule has 43 heavy (non-hydrogen) atoms. The summed E-state index contributed by atoms with van der Waals surface area (Å²) in [5, 5.41) is 4.28. The number of thioether (sulfide) groups is 1. The van der Waals surface area contributed by atoms with Gasteiger partial charge in [-0.25, -0.2) is 4.98 Å². The second-order valence-corrected chi connectivity index (χ2v) is 12.9. The second kappa shape index (κ2) is 13.9. The molecule has 2 saturated heterocycles. The normalized spacial score (nSPS) is 22.6. The lowest BCUT2D eigenvalue weighted by atomic mass is 9.81. The predicted molar refractivity (Wildman–Crippen MR) is 169 cm³/mol. The number of amides is 2. The Labute approximate surface area is 257 Å². The maximum Gasteiger partial charge on any atom is 0.262 e. The van der Waals surface area contributed by atoms with Crippen molar-refractivity contribution in [2.45, 2.75) is 56.3 Å². The van der Waals surface area contributed by atoms with Gasteiger partial charge in [0.05, 0.1) is 22.8 Å². The van der Waals surface area contributed by atoms with Crippen molar-refractivity contribution in [2.24, 2.45) is 11.8 Å². The van der Waals surface area contributed by atoms with Gasteiger partial charge < -0.3 is 19.9 Å². The van der Waals surface area contributed by atoms with E-state index in [-0.39, 0.29) is 41.1 Å². The zero-order valence-corrected chi connectivity index (χ0v) is 25.5. The molecule has 0 spiro atoms. The monoisotopic (exact) mass is 603 g/mol. The summed E-state index contributed by atoms with van der Waals surface area (Å²) < 4.78 is 7.41. The number of piperazine rings is 1. The fourth-order valence-electron chi connectivity index (χ4n) is 6.52. The average molecular weight is 604 g/mol. The molecule has 3 heterocycles. The van der Waals surface area contributed by atoms with Gasteiger partial charge in [0.25, 0.3) is 5.56 Å². The summed E-state index contributed by atoms with van der Waals surface area (Å²) in [5.74, 6) is 0.731. The molecule has 1 saturated carbocycles. The number of fused-ring (bicyclic) bond motifs is 1. The number of para-hydroxylation sites is 2. The number of aromatic nitrogens is 2. The SMILES string of the molecule is O=C(NC[C@H]1CCCO1)C1CCC(Cn2c(SCC(=O)N3CCN(c4ccccc4)CC3)nc3ccccc3c2=O)CC1. The molecule has 1 aliphatic carbocycles. The number of rotatable bonds is 9. The maximum atomic E-state index is 13.7. The van der Waals surface area contributed by atoms with Gasteiger partial charge in [0.2, 0.25) is 11.8 Å². The minimum absolute atomic E-state index is 0.0120. The molecule has 0 unspecified atom stereocenters. The summed E-state index contributed by atoms with van der Waals surface area (Å²) in [6.45, 7) is 4.89. The van der Waals surface area contributed by atoms with Gasteiger partial charge in [-0.1, -0.05) is 42.1 Å². The van der Waals surface area contributed by atoms with Crippen molar-refractivity contribution in [1.82, 2.24) is 19.8 Å². The molecule has 228 valence electrons. The van der Waals surface area contributed by atoms with Crippen molar-refractivity contribution in [3.8, 4) is 0 Å². The van der Waals surface area contributed by atoms with E-state index in [4.69, 9.17) is 9.72 Å². The molecule has 3 fully saturated rings. The van der Waals surface area contributed by atoms with Crippen molar-refractivity contribution in [3.63, 3.8) is 0 Å².